The number of hydrogen-bond donors (Lipinski definition) is 0. The number of halogens is 4. The summed E-state index contributed by atoms with van der Waals surface area (Å²) < 4.78 is 55.9. The largest absolute Gasteiger partial charge is 0.247 e. The monoisotopic (exact) mass is 294 g/mol. The third kappa shape index (κ3) is 3.88. The minimum absolute atomic E-state index is 0.0569. The van der Waals surface area contributed by atoms with Crippen molar-refractivity contribution < 1.29 is 17.6 Å². The molecule has 0 spiro atoms. The van der Waals surface area contributed by atoms with Crippen LogP contribution in [0.25, 0.3) is 0 Å². The molecule has 0 heterocycles. The van der Waals surface area contributed by atoms with E-state index in [1.165, 1.54) is 6.92 Å². The predicted octanol–water partition coefficient (Wildman–Crippen LogP) is 5.50. The van der Waals surface area contributed by atoms with Crippen LogP contribution >= 0.6 is 0 Å². The summed E-state index contributed by atoms with van der Waals surface area (Å²) in [5, 5.41) is 0. The van der Waals surface area contributed by atoms with Gasteiger partial charge in [0.2, 0.25) is 0 Å². The molecule has 0 aromatic carbocycles. The normalized spacial score (nSPS) is 50.1. The molecule has 2 fully saturated rings. The van der Waals surface area contributed by atoms with Crippen LogP contribution in [0.4, 0.5) is 17.6 Å². The first-order valence-corrected chi connectivity index (χ1v) is 7.87. The molecular formula is C16H26F4. The van der Waals surface area contributed by atoms with Crippen molar-refractivity contribution in [3.63, 3.8) is 0 Å². The van der Waals surface area contributed by atoms with Crippen molar-refractivity contribution in [3.8, 4) is 0 Å². The van der Waals surface area contributed by atoms with Gasteiger partial charge in [-0.2, -0.15) is 0 Å². The molecule has 0 nitrogen and oxygen atoms in total. The standard InChI is InChI=1S/C16H26F4/c1-11-3-7-16(20,10-13(11)17)8-5-12-4-6-15(2,19)9-14(12)18/h11-14H,3-10H2,1-2H3/t11-,12+,13?,14?,15+,16-/m1/s1. The maximum Gasteiger partial charge on any atom is 0.113 e. The molecule has 2 saturated carbocycles. The van der Waals surface area contributed by atoms with Crippen LogP contribution in [-0.2, 0) is 0 Å². The molecule has 2 aliphatic carbocycles. The second kappa shape index (κ2) is 5.84. The van der Waals surface area contributed by atoms with Gasteiger partial charge >= 0.3 is 0 Å². The van der Waals surface area contributed by atoms with Gasteiger partial charge in [-0.05, 0) is 57.3 Å². The number of rotatable bonds is 3. The Bertz CT molecular complexity index is 330. The lowest BCUT2D eigenvalue weighted by Gasteiger charge is -2.38. The Labute approximate surface area is 119 Å². The van der Waals surface area contributed by atoms with Crippen LogP contribution in [0.1, 0.15) is 65.2 Å². The van der Waals surface area contributed by atoms with Gasteiger partial charge in [-0.15, -0.1) is 0 Å². The molecular weight excluding hydrogens is 268 g/mol. The average Bonchev–Trinajstić information content (AvgIpc) is 2.33. The summed E-state index contributed by atoms with van der Waals surface area (Å²) in [4.78, 5) is 0. The zero-order valence-corrected chi connectivity index (χ0v) is 12.5. The van der Waals surface area contributed by atoms with E-state index in [4.69, 9.17) is 0 Å². The highest BCUT2D eigenvalue weighted by Gasteiger charge is 2.42. The molecule has 4 heteroatoms. The lowest BCUT2D eigenvalue weighted by Crippen LogP contribution is -2.38. The molecule has 2 rings (SSSR count). The SMILES string of the molecule is C[C@@H]1CC[C@@](F)(CC[C@@H]2CC[C@](C)(F)CC2F)CC1F. The minimum atomic E-state index is -1.48. The molecule has 0 saturated heterocycles. The van der Waals surface area contributed by atoms with E-state index in [1.54, 1.807) is 0 Å². The highest BCUT2D eigenvalue weighted by Crippen LogP contribution is 2.43. The fourth-order valence-electron chi connectivity index (χ4n) is 3.66. The number of hydrogen-bond acceptors (Lipinski definition) is 0. The van der Waals surface area contributed by atoms with E-state index < -0.39 is 23.7 Å². The summed E-state index contributed by atoms with van der Waals surface area (Å²) in [5.74, 6) is -0.335. The van der Waals surface area contributed by atoms with E-state index in [2.05, 4.69) is 0 Å². The predicted molar refractivity (Wildman–Crippen MR) is 72.7 cm³/mol. The van der Waals surface area contributed by atoms with Crippen molar-refractivity contribution >= 4 is 0 Å². The van der Waals surface area contributed by atoms with E-state index in [9.17, 15) is 17.6 Å². The topological polar surface area (TPSA) is 0 Å². The van der Waals surface area contributed by atoms with Crippen molar-refractivity contribution in [2.45, 2.75) is 88.9 Å². The van der Waals surface area contributed by atoms with Crippen LogP contribution in [0, 0.1) is 11.8 Å². The second-order valence-electron chi connectivity index (χ2n) is 7.36. The molecule has 0 amide bonds. The van der Waals surface area contributed by atoms with Crippen LogP contribution in [-0.4, -0.2) is 23.7 Å². The first-order chi connectivity index (χ1) is 9.21. The lowest BCUT2D eigenvalue weighted by atomic mass is 9.73. The highest BCUT2D eigenvalue weighted by molar-refractivity contribution is 4.93. The Kier molecular flexibility index (Phi) is 4.70. The Hall–Kier alpha value is -0.280. The van der Waals surface area contributed by atoms with Gasteiger partial charge in [-0.25, -0.2) is 17.6 Å². The van der Waals surface area contributed by atoms with Crippen molar-refractivity contribution in [3.05, 3.63) is 0 Å². The lowest BCUT2D eigenvalue weighted by molar-refractivity contribution is -0.000407. The molecule has 0 aromatic heterocycles. The third-order valence-corrected chi connectivity index (χ3v) is 5.36. The van der Waals surface area contributed by atoms with E-state index in [-0.39, 0.29) is 31.1 Å². The molecule has 6 atom stereocenters. The Morgan fingerprint density at radius 1 is 1.00 bits per heavy atom. The van der Waals surface area contributed by atoms with Crippen LogP contribution in [0.2, 0.25) is 0 Å². The van der Waals surface area contributed by atoms with Gasteiger partial charge in [0.25, 0.3) is 0 Å². The quantitative estimate of drug-likeness (QED) is 0.603. The van der Waals surface area contributed by atoms with Gasteiger partial charge < -0.3 is 0 Å². The van der Waals surface area contributed by atoms with E-state index in [0.717, 1.165) is 0 Å². The van der Waals surface area contributed by atoms with Crippen molar-refractivity contribution in [2.75, 3.05) is 0 Å². The fraction of sp³-hybridized carbons (Fsp3) is 1.00. The van der Waals surface area contributed by atoms with E-state index in [0.29, 0.717) is 32.1 Å². The Balaban J connectivity index is 1.83. The van der Waals surface area contributed by atoms with Crippen LogP contribution in [0.5, 0.6) is 0 Å². The second-order valence-corrected chi connectivity index (χ2v) is 7.36. The molecule has 2 aliphatic rings. The smallest absolute Gasteiger partial charge is 0.113 e. The molecule has 0 aromatic rings. The van der Waals surface area contributed by atoms with E-state index in [1.807, 2.05) is 6.92 Å². The summed E-state index contributed by atoms with van der Waals surface area (Å²) in [6.45, 7) is 3.24. The maximum absolute atomic E-state index is 14.6. The molecule has 0 bridgehead atoms. The van der Waals surface area contributed by atoms with Gasteiger partial charge in [-0.1, -0.05) is 6.92 Å². The first kappa shape index (κ1) is 16.1. The zero-order chi connectivity index (χ0) is 15.0. The van der Waals surface area contributed by atoms with Gasteiger partial charge in [-0.3, -0.25) is 0 Å². The minimum Gasteiger partial charge on any atom is -0.247 e. The highest BCUT2D eigenvalue weighted by atomic mass is 19.2. The number of alkyl halides is 4. The molecule has 0 N–H and O–H groups in total. The summed E-state index contributed by atoms with van der Waals surface area (Å²) >= 11 is 0. The average molecular weight is 294 g/mol. The molecule has 2 unspecified atom stereocenters. The van der Waals surface area contributed by atoms with Crippen molar-refractivity contribution in [2.24, 2.45) is 11.8 Å². The van der Waals surface area contributed by atoms with Gasteiger partial charge in [0.1, 0.15) is 23.7 Å². The third-order valence-electron chi connectivity index (χ3n) is 5.36. The van der Waals surface area contributed by atoms with Crippen LogP contribution in [0.3, 0.4) is 0 Å². The summed E-state index contributed by atoms with van der Waals surface area (Å²) in [7, 11) is 0. The molecule has 20 heavy (non-hydrogen) atoms. The summed E-state index contributed by atoms with van der Waals surface area (Å²) in [6, 6.07) is 0. The fourth-order valence-corrected chi connectivity index (χ4v) is 3.66. The molecule has 118 valence electrons. The first-order valence-electron chi connectivity index (χ1n) is 7.87. The molecule has 0 radical (unpaired) electrons. The molecule has 0 aliphatic heterocycles. The summed E-state index contributed by atoms with van der Waals surface area (Å²) in [5.41, 5.74) is -2.91. The van der Waals surface area contributed by atoms with Gasteiger partial charge in [0.05, 0.1) is 0 Å². The van der Waals surface area contributed by atoms with Crippen molar-refractivity contribution in [1.82, 2.24) is 0 Å². The van der Waals surface area contributed by atoms with E-state index >= 15 is 0 Å². The van der Waals surface area contributed by atoms with Crippen LogP contribution < -0.4 is 0 Å². The Morgan fingerprint density at radius 3 is 2.30 bits per heavy atom. The van der Waals surface area contributed by atoms with Gasteiger partial charge in [0.15, 0.2) is 0 Å². The zero-order valence-electron chi connectivity index (χ0n) is 12.5. The van der Waals surface area contributed by atoms with Gasteiger partial charge in [0, 0.05) is 12.8 Å². The summed E-state index contributed by atoms with van der Waals surface area (Å²) in [6.07, 6.45) is -0.0360. The van der Waals surface area contributed by atoms with Crippen molar-refractivity contribution in [1.29, 1.82) is 0 Å². The van der Waals surface area contributed by atoms with Crippen LogP contribution in [0.15, 0.2) is 0 Å². The Morgan fingerprint density at radius 2 is 1.70 bits per heavy atom. The maximum atomic E-state index is 14.6.